The maximum Gasteiger partial charge on any atom is 0.236 e. The number of likely N-dealkylation sites (tertiary alicyclic amines) is 1. The molecule has 5 nitrogen and oxygen atoms in total. The number of carbonyl (C=O) groups is 1. The molecule has 0 aromatic heterocycles. The van der Waals surface area contributed by atoms with Crippen LogP contribution in [0.5, 0.6) is 5.75 Å². The Bertz CT molecular complexity index is 830. The largest absolute Gasteiger partial charge is 0.508 e. The number of nitrogens with zero attached hydrogens (tertiary/aromatic N) is 3. The number of piperidine rings is 1. The molecule has 1 atom stereocenters. The summed E-state index contributed by atoms with van der Waals surface area (Å²) in [5.74, 6) is 0.655. The molecule has 150 valence electrons. The van der Waals surface area contributed by atoms with Crippen LogP contribution in [0.4, 0.5) is 0 Å². The summed E-state index contributed by atoms with van der Waals surface area (Å²) < 4.78 is 0. The smallest absolute Gasteiger partial charge is 0.236 e. The first-order chi connectivity index (χ1) is 13.6. The minimum atomic E-state index is 0.285. The minimum absolute atomic E-state index is 0.285. The van der Waals surface area contributed by atoms with E-state index in [-0.39, 0.29) is 5.91 Å². The fourth-order valence-corrected chi connectivity index (χ4v) is 4.57. The predicted molar refractivity (Wildman–Crippen MR) is 112 cm³/mol. The van der Waals surface area contributed by atoms with Crippen molar-refractivity contribution in [1.29, 1.82) is 0 Å². The number of carbonyl (C=O) groups excluding carboxylic acids is 1. The Morgan fingerprint density at radius 2 is 1.75 bits per heavy atom. The molecule has 4 rings (SSSR count). The first kappa shape index (κ1) is 19.2. The van der Waals surface area contributed by atoms with E-state index < -0.39 is 0 Å². The molecule has 2 aromatic carbocycles. The highest BCUT2D eigenvalue weighted by Crippen LogP contribution is 2.28. The van der Waals surface area contributed by atoms with Crippen molar-refractivity contribution in [3.05, 3.63) is 42.0 Å². The molecule has 2 fully saturated rings. The monoisotopic (exact) mass is 381 g/mol. The first-order valence-electron chi connectivity index (χ1n) is 10.6. The normalized spacial score (nSPS) is 21.9. The topological polar surface area (TPSA) is 47.0 Å². The van der Waals surface area contributed by atoms with Crippen LogP contribution < -0.4 is 0 Å². The van der Waals surface area contributed by atoms with E-state index in [0.29, 0.717) is 18.3 Å². The molecular weight excluding hydrogens is 350 g/mol. The van der Waals surface area contributed by atoms with Crippen molar-refractivity contribution in [2.24, 2.45) is 0 Å². The third kappa shape index (κ3) is 4.15. The molecule has 5 heteroatoms. The second kappa shape index (κ2) is 8.50. The maximum absolute atomic E-state index is 12.7. The predicted octanol–water partition coefficient (Wildman–Crippen LogP) is 3.06. The summed E-state index contributed by atoms with van der Waals surface area (Å²) in [5, 5.41) is 12.7. The molecule has 1 N–H and O–H groups in total. The van der Waals surface area contributed by atoms with Crippen LogP contribution in [0.25, 0.3) is 10.8 Å². The van der Waals surface area contributed by atoms with Crippen LogP contribution in [0.1, 0.15) is 31.7 Å². The number of rotatable bonds is 4. The standard InChI is InChI=1S/C23H31N3O2/c1-18-6-4-5-11-26(18)23(28)17-25-14-12-24(13-15-25)16-21-20-8-3-2-7-19(20)9-10-22(21)27/h2-3,7-10,18,27H,4-6,11-17H2,1H3. The summed E-state index contributed by atoms with van der Waals surface area (Å²) in [5.41, 5.74) is 1.00. The first-order valence-corrected chi connectivity index (χ1v) is 10.6. The summed E-state index contributed by atoms with van der Waals surface area (Å²) in [6.45, 7) is 8.03. The summed E-state index contributed by atoms with van der Waals surface area (Å²) in [4.78, 5) is 19.4. The molecule has 0 aliphatic carbocycles. The van der Waals surface area contributed by atoms with Crippen molar-refractivity contribution in [2.75, 3.05) is 39.3 Å². The van der Waals surface area contributed by atoms with E-state index in [9.17, 15) is 9.90 Å². The van der Waals surface area contributed by atoms with E-state index in [4.69, 9.17) is 0 Å². The van der Waals surface area contributed by atoms with Crippen LogP contribution >= 0.6 is 0 Å². The van der Waals surface area contributed by atoms with Crippen molar-refractivity contribution in [3.63, 3.8) is 0 Å². The Morgan fingerprint density at radius 1 is 1.00 bits per heavy atom. The molecule has 28 heavy (non-hydrogen) atoms. The van der Waals surface area contributed by atoms with Crippen molar-refractivity contribution >= 4 is 16.7 Å². The van der Waals surface area contributed by atoms with Gasteiger partial charge in [0.25, 0.3) is 0 Å². The number of fused-ring (bicyclic) bond motifs is 1. The lowest BCUT2D eigenvalue weighted by Crippen LogP contribution is -2.51. The summed E-state index contributed by atoms with van der Waals surface area (Å²) in [6.07, 6.45) is 3.51. The van der Waals surface area contributed by atoms with Crippen LogP contribution in [0, 0.1) is 0 Å². The quantitative estimate of drug-likeness (QED) is 0.884. The van der Waals surface area contributed by atoms with Crippen molar-refractivity contribution in [3.8, 4) is 5.75 Å². The zero-order chi connectivity index (χ0) is 19.5. The zero-order valence-electron chi connectivity index (χ0n) is 16.8. The fraction of sp³-hybridized carbons (Fsp3) is 0.522. The lowest BCUT2D eigenvalue weighted by atomic mass is 10.0. The lowest BCUT2D eigenvalue weighted by Gasteiger charge is -2.38. The number of aromatic hydroxyl groups is 1. The number of hydrogen-bond donors (Lipinski definition) is 1. The molecule has 0 bridgehead atoms. The maximum atomic E-state index is 12.7. The Kier molecular flexibility index (Phi) is 5.83. The molecule has 2 aliphatic rings. The van der Waals surface area contributed by atoms with Gasteiger partial charge in [0, 0.05) is 50.9 Å². The van der Waals surface area contributed by atoms with Crippen LogP contribution in [0.2, 0.25) is 0 Å². The van der Waals surface area contributed by atoms with E-state index >= 15 is 0 Å². The molecule has 1 amide bonds. The summed E-state index contributed by atoms with van der Waals surface area (Å²) in [7, 11) is 0. The highest BCUT2D eigenvalue weighted by molar-refractivity contribution is 5.87. The van der Waals surface area contributed by atoms with Gasteiger partial charge in [-0.25, -0.2) is 0 Å². The van der Waals surface area contributed by atoms with Gasteiger partial charge in [0.15, 0.2) is 0 Å². The van der Waals surface area contributed by atoms with Crippen LogP contribution in [0.3, 0.4) is 0 Å². The van der Waals surface area contributed by atoms with E-state index in [0.717, 1.165) is 68.4 Å². The van der Waals surface area contributed by atoms with E-state index in [1.54, 1.807) is 6.07 Å². The van der Waals surface area contributed by atoms with Gasteiger partial charge in [-0.2, -0.15) is 0 Å². The lowest BCUT2D eigenvalue weighted by molar-refractivity contribution is -0.136. The fourth-order valence-electron chi connectivity index (χ4n) is 4.57. The molecule has 2 saturated heterocycles. The Labute approximate surface area is 167 Å². The van der Waals surface area contributed by atoms with Gasteiger partial charge in [0.1, 0.15) is 5.75 Å². The van der Waals surface area contributed by atoms with Gasteiger partial charge in [-0.05, 0) is 43.0 Å². The van der Waals surface area contributed by atoms with Crippen molar-refractivity contribution < 1.29 is 9.90 Å². The minimum Gasteiger partial charge on any atom is -0.508 e. The number of piperazine rings is 1. The number of hydrogen-bond acceptors (Lipinski definition) is 4. The van der Waals surface area contributed by atoms with Crippen molar-refractivity contribution in [1.82, 2.24) is 14.7 Å². The Hall–Kier alpha value is -2.11. The Morgan fingerprint density at radius 3 is 2.54 bits per heavy atom. The Balaban J connectivity index is 1.34. The molecule has 0 spiro atoms. The van der Waals surface area contributed by atoms with E-state index in [1.165, 1.54) is 6.42 Å². The van der Waals surface area contributed by atoms with Gasteiger partial charge in [-0.1, -0.05) is 30.3 Å². The molecule has 2 heterocycles. The van der Waals surface area contributed by atoms with Gasteiger partial charge < -0.3 is 10.0 Å². The molecule has 1 unspecified atom stereocenters. The second-order valence-corrected chi connectivity index (χ2v) is 8.27. The molecule has 2 aliphatic heterocycles. The highest BCUT2D eigenvalue weighted by Gasteiger charge is 2.26. The van der Waals surface area contributed by atoms with E-state index in [1.807, 2.05) is 18.2 Å². The second-order valence-electron chi connectivity index (χ2n) is 8.27. The van der Waals surface area contributed by atoms with Gasteiger partial charge in [-0.15, -0.1) is 0 Å². The average molecular weight is 382 g/mol. The average Bonchev–Trinajstić information content (AvgIpc) is 2.72. The molecule has 0 radical (unpaired) electrons. The van der Waals surface area contributed by atoms with Crippen LogP contribution in [0.15, 0.2) is 36.4 Å². The summed E-state index contributed by atoms with van der Waals surface area (Å²) in [6, 6.07) is 12.4. The summed E-state index contributed by atoms with van der Waals surface area (Å²) >= 11 is 0. The number of benzene rings is 2. The molecule has 0 saturated carbocycles. The third-order valence-electron chi connectivity index (χ3n) is 6.34. The molecule has 2 aromatic rings. The van der Waals surface area contributed by atoms with Crippen LogP contribution in [-0.4, -0.2) is 71.0 Å². The zero-order valence-corrected chi connectivity index (χ0v) is 16.8. The van der Waals surface area contributed by atoms with Gasteiger partial charge in [-0.3, -0.25) is 14.6 Å². The number of phenols is 1. The van der Waals surface area contributed by atoms with E-state index in [2.05, 4.69) is 33.8 Å². The number of amides is 1. The molecular formula is C23H31N3O2. The van der Waals surface area contributed by atoms with Crippen LogP contribution in [-0.2, 0) is 11.3 Å². The number of phenolic OH excluding ortho intramolecular Hbond substituents is 1. The van der Waals surface area contributed by atoms with Gasteiger partial charge >= 0.3 is 0 Å². The SMILES string of the molecule is CC1CCCCN1C(=O)CN1CCN(Cc2c(O)ccc3ccccc23)CC1. The van der Waals surface area contributed by atoms with Gasteiger partial charge in [0.05, 0.1) is 6.54 Å². The highest BCUT2D eigenvalue weighted by atomic mass is 16.3. The van der Waals surface area contributed by atoms with Crippen molar-refractivity contribution in [2.45, 2.75) is 38.8 Å². The van der Waals surface area contributed by atoms with Gasteiger partial charge in [0.2, 0.25) is 5.91 Å². The third-order valence-corrected chi connectivity index (χ3v) is 6.34.